The molecule has 0 amide bonds. The third-order valence-corrected chi connectivity index (χ3v) is 13.8. The number of aliphatic hydroxyl groups is 2. The Morgan fingerprint density at radius 1 is 0.455 bits per heavy atom. The Bertz CT molecular complexity index is 1620. The average Bonchev–Trinajstić information content (AvgIpc) is 3.43. The van der Waals surface area contributed by atoms with Gasteiger partial charge in [-0.15, -0.1) is 0 Å². The molecule has 442 valence electrons. The molecule has 1 aliphatic rings. The predicted molar refractivity (Wildman–Crippen MR) is 312 cm³/mol. The van der Waals surface area contributed by atoms with E-state index in [-0.39, 0.29) is 25.9 Å². The van der Waals surface area contributed by atoms with Gasteiger partial charge in [0, 0.05) is 12.8 Å². The standard InChI is InChI=1S/C65H110O12/c1-4-7-10-13-16-19-22-25-28-29-32-33-36-39-42-45-48-51-57(66)73-54-56(75-58(67)52-49-46-43-40-37-34-30-26-23-20-17-14-11-8-5-2)55-74-65-63(61(70)60(69)62(77-65)64(71)72)76-59(68)53-50-47-44-41-38-35-31-27-24-21-18-15-12-9-6-3/h8,11,17,20,25-26,28,30,37,40,46,49,56,60-63,65,69-70H,4-7,9-10,12-16,18-19,21-24,27,29,31-36,38-39,41-45,47-48,50-55H2,1-3H3,(H,71,72)/b11-8-,20-17-,28-25-,30-26-,40-37-,49-46-. The Balaban J connectivity index is 2.72. The summed E-state index contributed by atoms with van der Waals surface area (Å²) in [5.74, 6) is -3.28. The van der Waals surface area contributed by atoms with Crippen molar-refractivity contribution in [1.29, 1.82) is 0 Å². The molecule has 1 saturated heterocycles. The number of carbonyl (C=O) groups is 4. The second kappa shape index (κ2) is 52.8. The number of carboxylic acids is 1. The van der Waals surface area contributed by atoms with E-state index >= 15 is 0 Å². The van der Waals surface area contributed by atoms with E-state index in [1.165, 1.54) is 122 Å². The zero-order valence-corrected chi connectivity index (χ0v) is 48.7. The first kappa shape index (κ1) is 71.2. The van der Waals surface area contributed by atoms with Crippen LogP contribution in [0.4, 0.5) is 0 Å². The van der Waals surface area contributed by atoms with Crippen LogP contribution in [0.25, 0.3) is 0 Å². The number of rotatable bonds is 52. The molecule has 0 spiro atoms. The van der Waals surface area contributed by atoms with Crippen molar-refractivity contribution in [3.05, 3.63) is 72.9 Å². The first-order valence-electron chi connectivity index (χ1n) is 30.9. The first-order valence-corrected chi connectivity index (χ1v) is 30.9. The van der Waals surface area contributed by atoms with Gasteiger partial charge in [-0.05, 0) is 70.6 Å². The number of aliphatic carboxylic acids is 1. The quantitative estimate of drug-likeness (QED) is 0.0228. The second-order valence-corrected chi connectivity index (χ2v) is 21.0. The molecule has 1 aliphatic heterocycles. The zero-order valence-electron chi connectivity index (χ0n) is 48.7. The van der Waals surface area contributed by atoms with E-state index in [4.69, 9.17) is 23.7 Å². The lowest BCUT2D eigenvalue weighted by Crippen LogP contribution is -2.61. The van der Waals surface area contributed by atoms with E-state index in [0.29, 0.717) is 19.3 Å². The monoisotopic (exact) mass is 1080 g/mol. The van der Waals surface area contributed by atoms with Gasteiger partial charge in [0.05, 0.1) is 13.0 Å². The molecular formula is C65H110O12. The molecule has 0 aromatic rings. The number of carbonyl (C=O) groups excluding carboxylic acids is 3. The van der Waals surface area contributed by atoms with Gasteiger partial charge in [-0.1, -0.05) is 248 Å². The summed E-state index contributed by atoms with van der Waals surface area (Å²) in [5, 5.41) is 31.5. The van der Waals surface area contributed by atoms with Crippen LogP contribution in [0.1, 0.15) is 265 Å². The lowest BCUT2D eigenvalue weighted by molar-refractivity contribution is -0.301. The molecule has 0 aromatic carbocycles. The first-order chi connectivity index (χ1) is 37.6. The third kappa shape index (κ3) is 42.7. The molecule has 0 aromatic heterocycles. The summed E-state index contributed by atoms with van der Waals surface area (Å²) < 4.78 is 28.3. The summed E-state index contributed by atoms with van der Waals surface area (Å²) in [6, 6.07) is 0. The summed E-state index contributed by atoms with van der Waals surface area (Å²) >= 11 is 0. The molecule has 0 saturated carbocycles. The molecular weight excluding hydrogens is 973 g/mol. The van der Waals surface area contributed by atoms with Gasteiger partial charge in [-0.3, -0.25) is 14.4 Å². The topological polar surface area (TPSA) is 175 Å². The van der Waals surface area contributed by atoms with Crippen molar-refractivity contribution in [2.24, 2.45) is 0 Å². The lowest BCUT2D eigenvalue weighted by atomic mass is 9.98. The Hall–Kier alpha value is -3.84. The minimum Gasteiger partial charge on any atom is -0.479 e. The summed E-state index contributed by atoms with van der Waals surface area (Å²) in [4.78, 5) is 51.1. The molecule has 12 nitrogen and oxygen atoms in total. The molecule has 77 heavy (non-hydrogen) atoms. The minimum atomic E-state index is -1.92. The highest BCUT2D eigenvalue weighted by atomic mass is 16.7. The Labute approximate surface area is 468 Å². The van der Waals surface area contributed by atoms with Crippen molar-refractivity contribution in [2.75, 3.05) is 13.2 Å². The molecule has 0 bridgehead atoms. The lowest BCUT2D eigenvalue weighted by Gasteiger charge is -2.40. The van der Waals surface area contributed by atoms with E-state index in [1.54, 1.807) is 6.08 Å². The summed E-state index contributed by atoms with van der Waals surface area (Å²) in [5.41, 5.74) is 0. The number of unbranched alkanes of at least 4 members (excludes halogenated alkanes) is 27. The van der Waals surface area contributed by atoms with Crippen LogP contribution in [-0.2, 0) is 42.9 Å². The van der Waals surface area contributed by atoms with Crippen LogP contribution in [0.5, 0.6) is 0 Å². The van der Waals surface area contributed by atoms with Gasteiger partial charge in [0.2, 0.25) is 0 Å². The van der Waals surface area contributed by atoms with Crippen molar-refractivity contribution in [3.8, 4) is 0 Å². The van der Waals surface area contributed by atoms with E-state index in [0.717, 1.165) is 83.5 Å². The van der Waals surface area contributed by atoms with E-state index in [1.807, 2.05) is 12.2 Å². The van der Waals surface area contributed by atoms with Crippen molar-refractivity contribution in [3.63, 3.8) is 0 Å². The molecule has 6 unspecified atom stereocenters. The van der Waals surface area contributed by atoms with Crippen LogP contribution in [0.2, 0.25) is 0 Å². The average molecular weight is 1080 g/mol. The Morgan fingerprint density at radius 2 is 0.857 bits per heavy atom. The number of carboxylic acid groups (broad SMARTS) is 1. The fourth-order valence-corrected chi connectivity index (χ4v) is 9.09. The van der Waals surface area contributed by atoms with Crippen LogP contribution in [0.15, 0.2) is 72.9 Å². The maximum Gasteiger partial charge on any atom is 0.335 e. The Kier molecular flexibility index (Phi) is 48.8. The van der Waals surface area contributed by atoms with Crippen molar-refractivity contribution >= 4 is 23.9 Å². The van der Waals surface area contributed by atoms with Gasteiger partial charge in [0.1, 0.15) is 18.8 Å². The second-order valence-electron chi connectivity index (χ2n) is 21.0. The van der Waals surface area contributed by atoms with E-state index in [2.05, 4.69) is 75.5 Å². The summed E-state index contributed by atoms with van der Waals surface area (Å²) in [6.45, 7) is 5.81. The van der Waals surface area contributed by atoms with Gasteiger partial charge in [-0.2, -0.15) is 0 Å². The highest BCUT2D eigenvalue weighted by Crippen LogP contribution is 2.26. The molecule has 12 heteroatoms. The highest BCUT2D eigenvalue weighted by molar-refractivity contribution is 5.74. The van der Waals surface area contributed by atoms with E-state index in [9.17, 15) is 34.5 Å². The van der Waals surface area contributed by atoms with Crippen LogP contribution in [0, 0.1) is 0 Å². The van der Waals surface area contributed by atoms with Crippen molar-refractivity contribution in [2.45, 2.75) is 302 Å². The molecule has 1 rings (SSSR count). The largest absolute Gasteiger partial charge is 0.479 e. The molecule has 0 aliphatic carbocycles. The van der Waals surface area contributed by atoms with Crippen LogP contribution < -0.4 is 0 Å². The van der Waals surface area contributed by atoms with Crippen LogP contribution in [0.3, 0.4) is 0 Å². The van der Waals surface area contributed by atoms with Gasteiger partial charge in [0.15, 0.2) is 24.6 Å². The number of allylic oxidation sites excluding steroid dienone is 11. The number of aliphatic hydroxyl groups excluding tert-OH is 2. The molecule has 1 fully saturated rings. The zero-order chi connectivity index (χ0) is 56.1. The van der Waals surface area contributed by atoms with Gasteiger partial charge >= 0.3 is 23.9 Å². The van der Waals surface area contributed by atoms with Gasteiger partial charge < -0.3 is 39.0 Å². The molecule has 6 atom stereocenters. The predicted octanol–water partition coefficient (Wildman–Crippen LogP) is 16.1. The molecule has 3 N–H and O–H groups in total. The van der Waals surface area contributed by atoms with E-state index < -0.39 is 67.3 Å². The fourth-order valence-electron chi connectivity index (χ4n) is 9.09. The minimum absolute atomic E-state index is 0.0515. The number of hydrogen-bond acceptors (Lipinski definition) is 11. The van der Waals surface area contributed by atoms with Crippen molar-refractivity contribution < 1.29 is 58.2 Å². The number of hydrogen-bond donors (Lipinski definition) is 3. The Morgan fingerprint density at radius 3 is 1.30 bits per heavy atom. The third-order valence-electron chi connectivity index (χ3n) is 13.8. The molecule has 1 heterocycles. The fraction of sp³-hybridized carbons (Fsp3) is 0.754. The normalized spacial score (nSPS) is 18.5. The van der Waals surface area contributed by atoms with Gasteiger partial charge in [0.25, 0.3) is 0 Å². The van der Waals surface area contributed by atoms with Crippen LogP contribution >= 0.6 is 0 Å². The number of ether oxygens (including phenoxy) is 5. The summed E-state index contributed by atoms with van der Waals surface area (Å²) in [6.07, 6.45) is 54.7. The SMILES string of the molecule is CC/C=C\C/C=C\C/C=C\C/C=C\C/C=C\CC(=O)OC(COC(=O)CCCCCCCCC/C=C\CCCCCCCC)COC1OC(C(=O)O)C(O)C(O)C1OC(=O)CCCCCCCCCCCCCCCCC. The maximum absolute atomic E-state index is 13.1. The molecule has 0 radical (unpaired) electrons. The van der Waals surface area contributed by atoms with Crippen LogP contribution in [-0.4, -0.2) is 89.2 Å². The van der Waals surface area contributed by atoms with Gasteiger partial charge in [-0.25, -0.2) is 4.79 Å². The number of esters is 3. The van der Waals surface area contributed by atoms with Crippen molar-refractivity contribution in [1.82, 2.24) is 0 Å². The maximum atomic E-state index is 13.1. The smallest absolute Gasteiger partial charge is 0.335 e. The summed E-state index contributed by atoms with van der Waals surface area (Å²) in [7, 11) is 0. The highest BCUT2D eigenvalue weighted by Gasteiger charge is 2.50.